The first-order chi connectivity index (χ1) is 12.7. The highest BCUT2D eigenvalue weighted by Crippen LogP contribution is 2.35. The van der Waals surface area contributed by atoms with E-state index in [2.05, 4.69) is 26.5 Å². The van der Waals surface area contributed by atoms with Crippen LogP contribution in [0.15, 0.2) is 54.6 Å². The molecule has 0 amide bonds. The lowest BCUT2D eigenvalue weighted by atomic mass is 10.2. The van der Waals surface area contributed by atoms with Gasteiger partial charge in [0.25, 0.3) is 0 Å². The number of hydrogen-bond acceptors (Lipinski definition) is 6. The van der Waals surface area contributed by atoms with Gasteiger partial charge in [-0.05, 0) is 30.3 Å². The molecule has 5 aromatic rings. The van der Waals surface area contributed by atoms with E-state index in [1.807, 2.05) is 36.4 Å². The Bertz CT molecular complexity index is 1210. The Morgan fingerprint density at radius 1 is 0.692 bits per heavy atom. The average molecular weight is 343 g/mol. The van der Waals surface area contributed by atoms with Crippen LogP contribution < -0.4 is 0 Å². The van der Waals surface area contributed by atoms with Crippen LogP contribution >= 0.6 is 0 Å². The predicted molar refractivity (Wildman–Crippen MR) is 93.5 cm³/mol. The fourth-order valence-electron chi connectivity index (χ4n) is 2.78. The standard InChI is InChI=1S/C18H11N6O2/c25-16-10-9-15(23-19-11-5-1-2-6-12(11)20-23)18(26)17(16)24-21-13-7-3-4-8-14(13)22-24/h1-9,25-26H. The molecule has 0 atom stereocenters. The van der Waals surface area contributed by atoms with Crippen LogP contribution in [0.4, 0.5) is 0 Å². The van der Waals surface area contributed by atoms with Crippen LogP contribution in [0.25, 0.3) is 33.4 Å². The number of benzene rings is 3. The lowest BCUT2D eigenvalue weighted by Crippen LogP contribution is -2.05. The summed E-state index contributed by atoms with van der Waals surface area (Å²) in [5.74, 6) is -0.523. The summed E-state index contributed by atoms with van der Waals surface area (Å²) in [5.41, 5.74) is 2.92. The number of phenolic OH excluding ortho intramolecular Hbond substituents is 2. The van der Waals surface area contributed by atoms with Crippen molar-refractivity contribution in [3.63, 3.8) is 0 Å². The zero-order valence-electron chi connectivity index (χ0n) is 13.3. The van der Waals surface area contributed by atoms with Gasteiger partial charge in [-0.25, -0.2) is 0 Å². The van der Waals surface area contributed by atoms with E-state index in [4.69, 9.17) is 0 Å². The van der Waals surface area contributed by atoms with Gasteiger partial charge in [0.15, 0.2) is 17.2 Å². The number of rotatable bonds is 2. The minimum atomic E-state index is -0.275. The zero-order valence-corrected chi connectivity index (χ0v) is 13.3. The molecule has 1 radical (unpaired) electrons. The summed E-state index contributed by atoms with van der Waals surface area (Å²) < 4.78 is 0. The second-order valence-electron chi connectivity index (χ2n) is 5.68. The van der Waals surface area contributed by atoms with Gasteiger partial charge in [0.05, 0.1) is 0 Å². The summed E-state index contributed by atoms with van der Waals surface area (Å²) in [6.07, 6.45) is 0. The van der Waals surface area contributed by atoms with Crippen molar-refractivity contribution >= 4 is 22.1 Å². The van der Waals surface area contributed by atoms with Crippen LogP contribution in [0.5, 0.6) is 11.5 Å². The predicted octanol–water partition coefficient (Wildman–Crippen LogP) is 2.37. The van der Waals surface area contributed by atoms with E-state index in [9.17, 15) is 10.2 Å². The summed E-state index contributed by atoms with van der Waals surface area (Å²) >= 11 is 0. The minimum Gasteiger partial charge on any atom is -0.505 e. The molecular formula is C18H11N6O2. The van der Waals surface area contributed by atoms with Crippen LogP contribution in [0, 0.1) is 6.07 Å². The van der Waals surface area contributed by atoms with Gasteiger partial charge in [0.1, 0.15) is 27.8 Å². The highest BCUT2D eigenvalue weighted by Gasteiger charge is 2.20. The number of nitrogens with zero attached hydrogens (tertiary/aromatic N) is 6. The molecule has 2 aromatic heterocycles. The van der Waals surface area contributed by atoms with Crippen molar-refractivity contribution in [3.8, 4) is 22.9 Å². The Morgan fingerprint density at radius 2 is 1.15 bits per heavy atom. The normalized spacial score (nSPS) is 11.4. The Balaban J connectivity index is 1.72. The van der Waals surface area contributed by atoms with Crippen molar-refractivity contribution in [2.45, 2.75) is 0 Å². The molecule has 0 unspecified atom stereocenters. The lowest BCUT2D eigenvalue weighted by Gasteiger charge is -2.09. The molecule has 0 aliphatic heterocycles. The first-order valence-electron chi connectivity index (χ1n) is 7.82. The van der Waals surface area contributed by atoms with Gasteiger partial charge in [0.2, 0.25) is 0 Å². The number of fused-ring (bicyclic) bond motifs is 2. The topological polar surface area (TPSA) is 102 Å². The molecule has 0 spiro atoms. The molecular weight excluding hydrogens is 332 g/mol. The number of aromatic nitrogens is 6. The van der Waals surface area contributed by atoms with Crippen LogP contribution in [0.2, 0.25) is 0 Å². The van der Waals surface area contributed by atoms with E-state index < -0.39 is 0 Å². The van der Waals surface area contributed by atoms with Crippen molar-refractivity contribution in [2.24, 2.45) is 0 Å². The van der Waals surface area contributed by atoms with Crippen molar-refractivity contribution in [3.05, 3.63) is 60.7 Å². The molecule has 0 bridgehead atoms. The summed E-state index contributed by atoms with van der Waals surface area (Å²) in [6, 6.07) is 18.7. The lowest BCUT2D eigenvalue weighted by molar-refractivity contribution is 0.434. The Kier molecular flexibility index (Phi) is 2.93. The SMILES string of the molecule is Oc1[c]cc(-n2nc3ccccc3n2)c(O)c1-n1nc2ccccc2n1. The highest BCUT2D eigenvalue weighted by molar-refractivity contribution is 5.75. The summed E-state index contributed by atoms with van der Waals surface area (Å²) in [5, 5.41) is 38.2. The van der Waals surface area contributed by atoms with E-state index >= 15 is 0 Å². The Morgan fingerprint density at radius 3 is 1.65 bits per heavy atom. The van der Waals surface area contributed by atoms with E-state index in [-0.39, 0.29) is 22.9 Å². The molecule has 8 nitrogen and oxygen atoms in total. The maximum Gasteiger partial charge on any atom is 0.174 e. The number of aromatic hydroxyl groups is 2. The van der Waals surface area contributed by atoms with Gasteiger partial charge in [-0.3, -0.25) is 0 Å². The Hall–Kier alpha value is -3.94. The van der Waals surface area contributed by atoms with Gasteiger partial charge in [-0.15, -0.1) is 30.0 Å². The third kappa shape index (κ3) is 2.09. The summed E-state index contributed by atoms with van der Waals surface area (Å²) in [6.45, 7) is 0. The van der Waals surface area contributed by atoms with Crippen LogP contribution in [0.3, 0.4) is 0 Å². The number of hydrogen-bond donors (Lipinski definition) is 2. The van der Waals surface area contributed by atoms with Crippen LogP contribution in [-0.4, -0.2) is 40.2 Å². The molecule has 3 aromatic carbocycles. The second-order valence-corrected chi connectivity index (χ2v) is 5.68. The molecule has 2 heterocycles. The maximum absolute atomic E-state index is 10.7. The summed E-state index contributed by atoms with van der Waals surface area (Å²) in [7, 11) is 0. The first-order valence-corrected chi connectivity index (χ1v) is 7.82. The minimum absolute atomic E-state index is 0.0139. The van der Waals surface area contributed by atoms with Gasteiger partial charge in [0, 0.05) is 6.07 Å². The van der Waals surface area contributed by atoms with E-state index in [0.29, 0.717) is 22.1 Å². The molecule has 0 fully saturated rings. The van der Waals surface area contributed by atoms with Crippen molar-refractivity contribution in [1.29, 1.82) is 0 Å². The molecule has 8 heteroatoms. The smallest absolute Gasteiger partial charge is 0.174 e. The van der Waals surface area contributed by atoms with E-state index in [0.717, 1.165) is 0 Å². The van der Waals surface area contributed by atoms with Crippen LogP contribution in [-0.2, 0) is 0 Å². The molecule has 0 aliphatic carbocycles. The van der Waals surface area contributed by atoms with Gasteiger partial charge in [-0.2, -0.15) is 0 Å². The highest BCUT2D eigenvalue weighted by atomic mass is 16.3. The van der Waals surface area contributed by atoms with Crippen molar-refractivity contribution in [1.82, 2.24) is 30.0 Å². The van der Waals surface area contributed by atoms with Crippen LogP contribution in [0.1, 0.15) is 0 Å². The monoisotopic (exact) mass is 343 g/mol. The molecule has 2 N–H and O–H groups in total. The van der Waals surface area contributed by atoms with E-state index in [1.165, 1.54) is 15.7 Å². The van der Waals surface area contributed by atoms with Crippen molar-refractivity contribution < 1.29 is 10.2 Å². The third-order valence-electron chi connectivity index (χ3n) is 4.03. The molecule has 5 rings (SSSR count). The number of phenols is 2. The molecule has 0 aliphatic rings. The van der Waals surface area contributed by atoms with Gasteiger partial charge >= 0.3 is 0 Å². The van der Waals surface area contributed by atoms with Crippen molar-refractivity contribution in [2.75, 3.05) is 0 Å². The fourth-order valence-corrected chi connectivity index (χ4v) is 2.78. The largest absolute Gasteiger partial charge is 0.505 e. The maximum atomic E-state index is 10.7. The van der Waals surface area contributed by atoms with Gasteiger partial charge in [-0.1, -0.05) is 24.3 Å². The Labute approximate surface area is 146 Å². The fraction of sp³-hybridized carbons (Fsp3) is 0. The molecule has 125 valence electrons. The zero-order chi connectivity index (χ0) is 17.7. The third-order valence-corrected chi connectivity index (χ3v) is 4.03. The average Bonchev–Trinajstić information content (AvgIpc) is 3.25. The first kappa shape index (κ1) is 14.4. The molecule has 0 saturated carbocycles. The molecule has 26 heavy (non-hydrogen) atoms. The summed E-state index contributed by atoms with van der Waals surface area (Å²) in [4.78, 5) is 2.47. The second kappa shape index (κ2) is 5.28. The quantitative estimate of drug-likeness (QED) is 0.510. The van der Waals surface area contributed by atoms with E-state index in [1.54, 1.807) is 12.1 Å². The van der Waals surface area contributed by atoms with Gasteiger partial charge < -0.3 is 10.2 Å². The molecule has 0 saturated heterocycles.